The van der Waals surface area contributed by atoms with E-state index in [4.69, 9.17) is 0 Å². The van der Waals surface area contributed by atoms with Crippen LogP contribution in [0.15, 0.2) is 0 Å². The summed E-state index contributed by atoms with van der Waals surface area (Å²) in [5.74, 6) is 3.24. The molecule has 0 saturated carbocycles. The third kappa shape index (κ3) is 11.5. The molecule has 116 valence electrons. The Morgan fingerprint density at radius 3 is 1.79 bits per heavy atom. The van der Waals surface area contributed by atoms with Gasteiger partial charge in [-0.05, 0) is 55.0 Å². The smallest absolute Gasteiger partial charge is 0.00206 e. The van der Waals surface area contributed by atoms with Gasteiger partial charge in [0.15, 0.2) is 0 Å². The predicted octanol–water partition coefficient (Wildman–Crippen LogP) is 5.36. The lowest BCUT2D eigenvalue weighted by Gasteiger charge is -2.24. The van der Waals surface area contributed by atoms with Crippen LogP contribution >= 0.6 is 0 Å². The third-order valence-corrected chi connectivity index (χ3v) is 4.21. The Bertz CT molecular complexity index is 214. The first-order valence-corrected chi connectivity index (χ1v) is 8.32. The molecular weight excluding hydrogens is 230 g/mol. The SMILES string of the molecule is CC(CCC(C)CC(C)(C)C)CNC[C@@H](C)C(C)C. The van der Waals surface area contributed by atoms with Gasteiger partial charge in [-0.25, -0.2) is 0 Å². The van der Waals surface area contributed by atoms with Gasteiger partial charge < -0.3 is 5.32 Å². The van der Waals surface area contributed by atoms with E-state index >= 15 is 0 Å². The highest BCUT2D eigenvalue weighted by atomic mass is 14.9. The Morgan fingerprint density at radius 2 is 1.32 bits per heavy atom. The molecule has 0 fully saturated rings. The lowest BCUT2D eigenvalue weighted by Crippen LogP contribution is -2.28. The normalized spacial score (nSPS) is 17.5. The first-order valence-electron chi connectivity index (χ1n) is 8.32. The van der Waals surface area contributed by atoms with Crippen molar-refractivity contribution in [3.05, 3.63) is 0 Å². The average Bonchev–Trinajstić information content (AvgIpc) is 2.23. The van der Waals surface area contributed by atoms with Crippen molar-refractivity contribution >= 4 is 0 Å². The van der Waals surface area contributed by atoms with E-state index in [0.29, 0.717) is 5.41 Å². The summed E-state index contributed by atoms with van der Waals surface area (Å²) in [6, 6.07) is 0. The van der Waals surface area contributed by atoms with Gasteiger partial charge in [0.1, 0.15) is 0 Å². The summed E-state index contributed by atoms with van der Waals surface area (Å²) in [5, 5.41) is 3.64. The molecular formula is C18H39N. The Hall–Kier alpha value is -0.0400. The zero-order valence-corrected chi connectivity index (χ0v) is 14.8. The molecule has 0 aliphatic heterocycles. The molecule has 1 nitrogen and oxygen atoms in total. The molecule has 0 heterocycles. The topological polar surface area (TPSA) is 12.0 Å². The van der Waals surface area contributed by atoms with Crippen LogP contribution in [-0.4, -0.2) is 13.1 Å². The highest BCUT2D eigenvalue weighted by Gasteiger charge is 2.16. The van der Waals surface area contributed by atoms with Crippen molar-refractivity contribution in [2.45, 2.75) is 74.7 Å². The van der Waals surface area contributed by atoms with Crippen LogP contribution in [0, 0.1) is 29.1 Å². The molecule has 0 amide bonds. The van der Waals surface area contributed by atoms with Gasteiger partial charge in [-0.2, -0.15) is 0 Å². The Balaban J connectivity index is 3.67. The van der Waals surface area contributed by atoms with Crippen molar-refractivity contribution in [2.24, 2.45) is 29.1 Å². The van der Waals surface area contributed by atoms with Crippen LogP contribution in [0.1, 0.15) is 74.7 Å². The van der Waals surface area contributed by atoms with Gasteiger partial charge in [-0.1, -0.05) is 61.8 Å². The first kappa shape index (κ1) is 19.0. The van der Waals surface area contributed by atoms with E-state index in [1.807, 2.05) is 0 Å². The van der Waals surface area contributed by atoms with Crippen LogP contribution in [-0.2, 0) is 0 Å². The van der Waals surface area contributed by atoms with Gasteiger partial charge in [0, 0.05) is 0 Å². The van der Waals surface area contributed by atoms with Crippen molar-refractivity contribution in [1.82, 2.24) is 5.32 Å². The van der Waals surface area contributed by atoms with Gasteiger partial charge in [0.05, 0.1) is 0 Å². The highest BCUT2D eigenvalue weighted by Crippen LogP contribution is 2.27. The average molecular weight is 270 g/mol. The Kier molecular flexibility index (Phi) is 8.98. The van der Waals surface area contributed by atoms with E-state index in [1.54, 1.807) is 0 Å². The molecule has 0 aliphatic rings. The number of rotatable bonds is 9. The van der Waals surface area contributed by atoms with E-state index in [1.165, 1.54) is 32.4 Å². The molecule has 0 rings (SSSR count). The summed E-state index contributed by atoms with van der Waals surface area (Å²) in [6.07, 6.45) is 4.08. The molecule has 0 bridgehead atoms. The van der Waals surface area contributed by atoms with Crippen molar-refractivity contribution in [3.8, 4) is 0 Å². The molecule has 0 aromatic heterocycles. The molecule has 19 heavy (non-hydrogen) atoms. The lowest BCUT2D eigenvalue weighted by atomic mass is 9.83. The van der Waals surface area contributed by atoms with Crippen molar-refractivity contribution in [3.63, 3.8) is 0 Å². The third-order valence-electron chi connectivity index (χ3n) is 4.21. The zero-order valence-electron chi connectivity index (χ0n) is 14.8. The van der Waals surface area contributed by atoms with Crippen LogP contribution in [0.4, 0.5) is 0 Å². The number of hydrogen-bond acceptors (Lipinski definition) is 1. The second-order valence-corrected chi connectivity index (χ2v) is 8.43. The molecule has 2 unspecified atom stereocenters. The standard InChI is InChI=1S/C18H39N/c1-14(2)17(5)13-19-12-16(4)10-9-15(3)11-18(6,7)8/h14-17,19H,9-13H2,1-8H3/t15?,16?,17-/m1/s1. The largest absolute Gasteiger partial charge is 0.316 e. The lowest BCUT2D eigenvalue weighted by molar-refractivity contribution is 0.280. The Morgan fingerprint density at radius 1 is 0.789 bits per heavy atom. The molecule has 1 heteroatoms. The minimum Gasteiger partial charge on any atom is -0.316 e. The van der Waals surface area contributed by atoms with Crippen LogP contribution in [0.25, 0.3) is 0 Å². The van der Waals surface area contributed by atoms with Crippen molar-refractivity contribution < 1.29 is 0 Å². The molecule has 3 atom stereocenters. The van der Waals surface area contributed by atoms with Gasteiger partial charge in [0.25, 0.3) is 0 Å². The van der Waals surface area contributed by atoms with E-state index in [2.05, 4.69) is 60.7 Å². The minimum absolute atomic E-state index is 0.480. The molecule has 1 N–H and O–H groups in total. The van der Waals surface area contributed by atoms with E-state index in [-0.39, 0.29) is 0 Å². The van der Waals surface area contributed by atoms with Gasteiger partial charge in [-0.3, -0.25) is 0 Å². The molecule has 0 spiro atoms. The van der Waals surface area contributed by atoms with Crippen LogP contribution < -0.4 is 5.32 Å². The fraction of sp³-hybridized carbons (Fsp3) is 1.00. The minimum atomic E-state index is 0.480. The predicted molar refractivity (Wildman–Crippen MR) is 88.5 cm³/mol. The summed E-state index contributed by atoms with van der Waals surface area (Å²) < 4.78 is 0. The van der Waals surface area contributed by atoms with Crippen molar-refractivity contribution in [2.75, 3.05) is 13.1 Å². The molecule has 0 radical (unpaired) electrons. The summed E-state index contributed by atoms with van der Waals surface area (Å²) in [7, 11) is 0. The van der Waals surface area contributed by atoms with E-state index in [0.717, 1.165) is 23.7 Å². The quantitative estimate of drug-likeness (QED) is 0.594. The Labute approximate surface area is 122 Å². The summed E-state index contributed by atoms with van der Waals surface area (Å²) in [5.41, 5.74) is 0.480. The fourth-order valence-electron chi connectivity index (χ4n) is 2.61. The van der Waals surface area contributed by atoms with Crippen LogP contribution in [0.5, 0.6) is 0 Å². The fourth-order valence-corrected chi connectivity index (χ4v) is 2.61. The molecule has 0 aromatic rings. The molecule has 0 aromatic carbocycles. The molecule has 0 saturated heterocycles. The second kappa shape index (κ2) is 9.00. The van der Waals surface area contributed by atoms with Crippen molar-refractivity contribution in [1.29, 1.82) is 0 Å². The second-order valence-electron chi connectivity index (χ2n) is 8.43. The summed E-state index contributed by atoms with van der Waals surface area (Å²) >= 11 is 0. The maximum Gasteiger partial charge on any atom is -0.00206 e. The first-order chi connectivity index (χ1) is 8.61. The zero-order chi connectivity index (χ0) is 15.1. The summed E-state index contributed by atoms with van der Waals surface area (Å²) in [6.45, 7) is 21.1. The van der Waals surface area contributed by atoms with E-state index < -0.39 is 0 Å². The van der Waals surface area contributed by atoms with Crippen LogP contribution in [0.3, 0.4) is 0 Å². The van der Waals surface area contributed by atoms with E-state index in [9.17, 15) is 0 Å². The highest BCUT2D eigenvalue weighted by molar-refractivity contribution is 4.68. The summed E-state index contributed by atoms with van der Waals surface area (Å²) in [4.78, 5) is 0. The maximum absolute atomic E-state index is 3.64. The molecule has 0 aliphatic carbocycles. The van der Waals surface area contributed by atoms with Gasteiger partial charge in [-0.15, -0.1) is 0 Å². The van der Waals surface area contributed by atoms with Gasteiger partial charge in [0.2, 0.25) is 0 Å². The van der Waals surface area contributed by atoms with Crippen LogP contribution in [0.2, 0.25) is 0 Å². The number of hydrogen-bond donors (Lipinski definition) is 1. The monoisotopic (exact) mass is 269 g/mol. The van der Waals surface area contributed by atoms with Gasteiger partial charge >= 0.3 is 0 Å². The maximum atomic E-state index is 3.64. The number of nitrogens with one attached hydrogen (secondary N) is 1.